The number of hydrogen-bond donors (Lipinski definition) is 0. The predicted octanol–water partition coefficient (Wildman–Crippen LogP) is 3.83. The molecule has 3 nitrogen and oxygen atoms in total. The van der Waals surface area contributed by atoms with Crippen LogP contribution < -0.4 is 0 Å². The number of carbonyl (C=O) groups is 2. The lowest BCUT2D eigenvalue weighted by atomic mass is 9.90. The molecule has 0 heterocycles. The maximum atomic E-state index is 13.0. The van der Waals surface area contributed by atoms with E-state index >= 15 is 0 Å². The number of carbonyl (C=O) groups excluding carboxylic acids is 2. The van der Waals surface area contributed by atoms with E-state index in [1.54, 1.807) is 0 Å². The minimum absolute atomic E-state index is 0.00760. The van der Waals surface area contributed by atoms with Gasteiger partial charge >= 0.3 is 5.97 Å². The van der Waals surface area contributed by atoms with Gasteiger partial charge in [0.1, 0.15) is 5.92 Å². The van der Waals surface area contributed by atoms with Gasteiger partial charge in [0, 0.05) is 5.92 Å². The molecule has 124 valence electrons. The van der Waals surface area contributed by atoms with E-state index in [0.717, 1.165) is 5.56 Å². The van der Waals surface area contributed by atoms with Gasteiger partial charge in [0.05, 0.1) is 7.11 Å². The first kappa shape index (κ1) is 17.5. The molecule has 3 heteroatoms. The lowest BCUT2D eigenvalue weighted by molar-refractivity contribution is -0.149. The van der Waals surface area contributed by atoms with E-state index in [9.17, 15) is 9.59 Å². The van der Waals surface area contributed by atoms with Crippen LogP contribution in [-0.4, -0.2) is 18.9 Å². The van der Waals surface area contributed by atoms with Gasteiger partial charge in [-0.15, -0.1) is 0 Å². The third-order valence-corrected chi connectivity index (χ3v) is 4.84. The highest BCUT2D eigenvalue weighted by Crippen LogP contribution is 2.60. The third kappa shape index (κ3) is 3.72. The molecule has 23 heavy (non-hydrogen) atoms. The fraction of sp³-hybridized carbons (Fsp3) is 0.500. The number of ketones is 1. The fourth-order valence-electron chi connectivity index (χ4n) is 3.40. The van der Waals surface area contributed by atoms with E-state index in [1.807, 2.05) is 44.2 Å². The van der Waals surface area contributed by atoms with Gasteiger partial charge in [-0.1, -0.05) is 55.8 Å². The molecule has 1 aromatic rings. The zero-order chi connectivity index (χ0) is 17.2. The zero-order valence-corrected chi connectivity index (χ0v) is 14.6. The average molecular weight is 314 g/mol. The third-order valence-electron chi connectivity index (χ3n) is 4.84. The maximum absolute atomic E-state index is 13.0. The first-order valence-electron chi connectivity index (χ1n) is 8.09. The second kappa shape index (κ2) is 6.69. The summed E-state index contributed by atoms with van der Waals surface area (Å²) in [5.41, 5.74) is 2.10. The van der Waals surface area contributed by atoms with Gasteiger partial charge in [0.25, 0.3) is 0 Å². The number of hydrogen-bond acceptors (Lipinski definition) is 3. The summed E-state index contributed by atoms with van der Waals surface area (Å²) in [6.45, 7) is 8.27. The van der Waals surface area contributed by atoms with Crippen molar-refractivity contribution in [1.82, 2.24) is 0 Å². The minimum Gasteiger partial charge on any atom is -0.468 e. The Balaban J connectivity index is 2.21. The van der Waals surface area contributed by atoms with Crippen LogP contribution in [0.4, 0.5) is 0 Å². The summed E-state index contributed by atoms with van der Waals surface area (Å²) < 4.78 is 4.89. The molecule has 3 atom stereocenters. The number of esters is 1. The second-order valence-corrected chi connectivity index (χ2v) is 7.24. The average Bonchev–Trinajstić information content (AvgIpc) is 3.04. The van der Waals surface area contributed by atoms with E-state index in [1.165, 1.54) is 12.7 Å². The summed E-state index contributed by atoms with van der Waals surface area (Å²) >= 11 is 0. The van der Waals surface area contributed by atoms with Gasteiger partial charge < -0.3 is 4.74 Å². The summed E-state index contributed by atoms with van der Waals surface area (Å²) in [6.07, 6.45) is 2.56. The van der Waals surface area contributed by atoms with Crippen molar-refractivity contribution in [2.45, 2.75) is 34.1 Å². The first-order chi connectivity index (χ1) is 10.8. The summed E-state index contributed by atoms with van der Waals surface area (Å²) in [7, 11) is 1.35. The fourth-order valence-corrected chi connectivity index (χ4v) is 3.40. The topological polar surface area (TPSA) is 43.4 Å². The molecule has 1 aliphatic rings. The maximum Gasteiger partial charge on any atom is 0.316 e. The molecular weight excluding hydrogens is 288 g/mol. The molecule has 1 fully saturated rings. The molecule has 0 radical (unpaired) electrons. The quantitative estimate of drug-likeness (QED) is 0.455. The van der Waals surface area contributed by atoms with Crippen LogP contribution in [0.25, 0.3) is 0 Å². The molecule has 0 amide bonds. The summed E-state index contributed by atoms with van der Waals surface area (Å²) in [6, 6.07) is 9.64. The van der Waals surface area contributed by atoms with Gasteiger partial charge in [0.15, 0.2) is 5.78 Å². The van der Waals surface area contributed by atoms with Crippen LogP contribution in [0.2, 0.25) is 0 Å². The summed E-state index contributed by atoms with van der Waals surface area (Å²) in [5.74, 6) is -1.04. The standard InChI is InChI=1S/C20H26O3/c1-13(2)11-16-17(20(16,3)4)18(21)15(19(22)23-5)12-14-9-7-6-8-10-14/h6-11,15-17H,12H2,1-5H3/t15?,16-,17+/m1/s1. The normalized spacial score (nSPS) is 22.8. The van der Waals surface area contributed by atoms with E-state index in [4.69, 9.17) is 4.74 Å². The number of allylic oxidation sites excluding steroid dienone is 2. The Morgan fingerprint density at radius 3 is 2.35 bits per heavy atom. The molecule has 0 aromatic heterocycles. The van der Waals surface area contributed by atoms with Gasteiger partial charge in [-0.25, -0.2) is 0 Å². The minimum atomic E-state index is -0.720. The molecule has 0 spiro atoms. The van der Waals surface area contributed by atoms with Gasteiger partial charge in [-0.3, -0.25) is 9.59 Å². The van der Waals surface area contributed by atoms with Crippen molar-refractivity contribution in [2.75, 3.05) is 7.11 Å². The van der Waals surface area contributed by atoms with Crippen LogP contribution in [-0.2, 0) is 20.7 Å². The summed E-state index contributed by atoms with van der Waals surface area (Å²) in [5, 5.41) is 0. The van der Waals surface area contributed by atoms with Crippen molar-refractivity contribution >= 4 is 11.8 Å². The molecule has 1 aromatic carbocycles. The van der Waals surface area contributed by atoms with Crippen molar-refractivity contribution < 1.29 is 14.3 Å². The molecular formula is C20H26O3. The van der Waals surface area contributed by atoms with E-state index in [0.29, 0.717) is 6.42 Å². The Morgan fingerprint density at radius 1 is 1.22 bits per heavy atom. The predicted molar refractivity (Wildman–Crippen MR) is 90.9 cm³/mol. The Bertz CT molecular complexity index is 609. The second-order valence-electron chi connectivity index (χ2n) is 7.24. The van der Waals surface area contributed by atoms with Crippen LogP contribution in [0, 0.1) is 23.2 Å². The molecule has 0 saturated heterocycles. The number of methoxy groups -OCH3 is 1. The Labute approximate surface area is 138 Å². The molecule has 1 aliphatic carbocycles. The molecule has 0 N–H and O–H groups in total. The van der Waals surface area contributed by atoms with E-state index < -0.39 is 11.9 Å². The number of benzene rings is 1. The Morgan fingerprint density at radius 2 is 1.83 bits per heavy atom. The largest absolute Gasteiger partial charge is 0.468 e. The SMILES string of the molecule is COC(=O)C(Cc1ccccc1)C(=O)[C@@H]1[C@@H](C=C(C)C)C1(C)C. The van der Waals surface area contributed by atoms with Gasteiger partial charge in [-0.2, -0.15) is 0 Å². The number of rotatable bonds is 6. The van der Waals surface area contributed by atoms with Crippen LogP contribution in [0.5, 0.6) is 0 Å². The van der Waals surface area contributed by atoms with Crippen molar-refractivity contribution in [3.05, 3.63) is 47.5 Å². The van der Waals surface area contributed by atoms with Crippen LogP contribution in [0.1, 0.15) is 33.3 Å². The number of ether oxygens (including phenoxy) is 1. The lowest BCUT2D eigenvalue weighted by Gasteiger charge is -2.14. The molecule has 1 unspecified atom stereocenters. The first-order valence-corrected chi connectivity index (χ1v) is 8.09. The highest BCUT2D eigenvalue weighted by atomic mass is 16.5. The smallest absolute Gasteiger partial charge is 0.316 e. The van der Waals surface area contributed by atoms with Crippen LogP contribution >= 0.6 is 0 Å². The summed E-state index contributed by atoms with van der Waals surface area (Å²) in [4.78, 5) is 25.2. The van der Waals surface area contributed by atoms with Gasteiger partial charge in [0.2, 0.25) is 0 Å². The monoisotopic (exact) mass is 314 g/mol. The van der Waals surface area contributed by atoms with Crippen molar-refractivity contribution in [2.24, 2.45) is 23.2 Å². The molecule has 2 rings (SSSR count). The van der Waals surface area contributed by atoms with Gasteiger partial charge in [-0.05, 0) is 37.2 Å². The van der Waals surface area contributed by atoms with E-state index in [-0.39, 0.29) is 23.0 Å². The molecule has 1 saturated carbocycles. The molecule has 0 bridgehead atoms. The Kier molecular flexibility index (Phi) is 5.08. The van der Waals surface area contributed by atoms with Crippen LogP contribution in [0.3, 0.4) is 0 Å². The van der Waals surface area contributed by atoms with Crippen molar-refractivity contribution in [1.29, 1.82) is 0 Å². The van der Waals surface area contributed by atoms with Crippen molar-refractivity contribution in [3.8, 4) is 0 Å². The lowest BCUT2D eigenvalue weighted by Crippen LogP contribution is -2.30. The highest BCUT2D eigenvalue weighted by molar-refractivity contribution is 6.02. The Hall–Kier alpha value is -1.90. The number of Topliss-reactive ketones (excluding diaryl/α,β-unsaturated/α-hetero) is 1. The van der Waals surface area contributed by atoms with E-state index in [2.05, 4.69) is 19.9 Å². The molecule has 0 aliphatic heterocycles. The zero-order valence-electron chi connectivity index (χ0n) is 14.6. The van der Waals surface area contributed by atoms with Crippen LogP contribution in [0.15, 0.2) is 42.0 Å². The van der Waals surface area contributed by atoms with Crippen molar-refractivity contribution in [3.63, 3.8) is 0 Å². The highest BCUT2D eigenvalue weighted by Gasteiger charge is 2.61.